The molecule has 3 N–H and O–H groups in total. The number of hydrogen-bond donors (Lipinski definition) is 2. The summed E-state index contributed by atoms with van der Waals surface area (Å²) in [5.41, 5.74) is 6.70. The van der Waals surface area contributed by atoms with Crippen LogP contribution < -0.4 is 11.1 Å². The molecule has 0 unspecified atom stereocenters. The number of hydrogen-bond acceptors (Lipinski definition) is 3. The molecule has 0 spiro atoms. The minimum absolute atomic E-state index is 0.260. The molecular weight excluding hydrogens is 168 g/mol. The van der Waals surface area contributed by atoms with Crippen LogP contribution in [0.2, 0.25) is 0 Å². The number of nitrogen functional groups attached to an aromatic ring is 1. The summed E-state index contributed by atoms with van der Waals surface area (Å²) in [6.45, 7) is -0.260. The van der Waals surface area contributed by atoms with E-state index in [1.54, 1.807) is 24.3 Å². The fourth-order valence-corrected chi connectivity index (χ4v) is 0.831. The van der Waals surface area contributed by atoms with Crippen molar-refractivity contribution in [2.45, 2.75) is 0 Å². The number of carbonyl (C=O) groups is 1. The Hall–Kier alpha value is -2.09. The van der Waals surface area contributed by atoms with E-state index < -0.39 is 0 Å². The van der Waals surface area contributed by atoms with E-state index in [2.05, 4.69) is 10.3 Å². The van der Waals surface area contributed by atoms with Gasteiger partial charge in [-0.05, 0) is 24.3 Å². The number of benzene rings is 1. The van der Waals surface area contributed by atoms with Gasteiger partial charge in [0.15, 0.2) is 0 Å². The Morgan fingerprint density at radius 3 is 2.62 bits per heavy atom. The quantitative estimate of drug-likeness (QED) is 0.523. The topological polar surface area (TPSA) is 83.3 Å². The zero-order chi connectivity index (χ0) is 9.68. The van der Waals surface area contributed by atoms with Gasteiger partial charge in [0, 0.05) is 11.4 Å². The average molecular weight is 177 g/mol. The Bertz CT molecular complexity index is 338. The first-order valence-electron chi connectivity index (χ1n) is 3.68. The molecule has 13 heavy (non-hydrogen) atoms. The van der Waals surface area contributed by atoms with Crippen molar-refractivity contribution in [3.63, 3.8) is 0 Å². The zero-order valence-electron chi connectivity index (χ0n) is 6.90. The summed E-state index contributed by atoms with van der Waals surface area (Å²) >= 11 is 0. The summed E-state index contributed by atoms with van der Waals surface area (Å²) in [4.78, 5) is 13.6. The predicted molar refractivity (Wildman–Crippen MR) is 49.4 cm³/mol. The molecule has 0 aromatic heterocycles. The molecule has 1 amide bonds. The SMILES string of the molecule is N#[N+]CC(=O)Nc1ccc(N)cc1. The highest BCUT2D eigenvalue weighted by Crippen LogP contribution is 2.09. The van der Waals surface area contributed by atoms with Gasteiger partial charge in [0.25, 0.3) is 0 Å². The van der Waals surface area contributed by atoms with Crippen molar-refractivity contribution in [2.24, 2.45) is 0 Å². The van der Waals surface area contributed by atoms with E-state index in [-0.39, 0.29) is 12.5 Å². The fraction of sp³-hybridized carbons (Fsp3) is 0.125. The second kappa shape index (κ2) is 4.07. The third kappa shape index (κ3) is 2.79. The van der Waals surface area contributed by atoms with Crippen LogP contribution in [0.25, 0.3) is 4.98 Å². The van der Waals surface area contributed by atoms with Gasteiger partial charge < -0.3 is 11.1 Å². The van der Waals surface area contributed by atoms with Crippen molar-refractivity contribution >= 4 is 17.3 Å². The number of nitrogens with one attached hydrogen (secondary N) is 1. The molecule has 0 saturated carbocycles. The van der Waals surface area contributed by atoms with Crippen LogP contribution in [-0.4, -0.2) is 12.5 Å². The van der Waals surface area contributed by atoms with Crippen molar-refractivity contribution in [1.82, 2.24) is 0 Å². The molecule has 1 rings (SSSR count). The summed E-state index contributed by atoms with van der Waals surface area (Å²) < 4.78 is 0. The van der Waals surface area contributed by atoms with E-state index >= 15 is 0 Å². The number of anilines is 2. The first-order valence-corrected chi connectivity index (χ1v) is 3.68. The second-order valence-electron chi connectivity index (χ2n) is 2.47. The molecular formula is C8H9N4O+. The lowest BCUT2D eigenvalue weighted by Crippen LogP contribution is -2.13. The van der Waals surface area contributed by atoms with E-state index in [0.29, 0.717) is 11.4 Å². The van der Waals surface area contributed by atoms with E-state index in [4.69, 9.17) is 11.1 Å². The minimum atomic E-state index is -0.368. The maximum Gasteiger partial charge on any atom is 0.382 e. The Labute approximate surface area is 75.2 Å². The summed E-state index contributed by atoms with van der Waals surface area (Å²) in [5, 5.41) is 10.6. The Morgan fingerprint density at radius 1 is 1.46 bits per heavy atom. The average Bonchev–Trinajstić information content (AvgIpc) is 2.09. The number of amides is 1. The van der Waals surface area contributed by atoms with Gasteiger partial charge in [-0.1, -0.05) is 0 Å². The summed E-state index contributed by atoms with van der Waals surface area (Å²) in [6.07, 6.45) is 0. The van der Waals surface area contributed by atoms with Crippen molar-refractivity contribution < 1.29 is 4.79 Å². The zero-order valence-corrected chi connectivity index (χ0v) is 6.90. The first-order chi connectivity index (χ1) is 6.22. The van der Waals surface area contributed by atoms with Gasteiger partial charge in [0.2, 0.25) is 5.39 Å². The van der Waals surface area contributed by atoms with Crippen molar-refractivity contribution in [3.8, 4) is 0 Å². The molecule has 0 aliphatic heterocycles. The van der Waals surface area contributed by atoms with E-state index in [0.717, 1.165) is 0 Å². The van der Waals surface area contributed by atoms with E-state index in [1.165, 1.54) is 0 Å². The molecule has 0 fully saturated rings. The molecule has 1 aromatic rings. The van der Waals surface area contributed by atoms with Crippen LogP contribution >= 0.6 is 0 Å². The largest absolute Gasteiger partial charge is 0.399 e. The Kier molecular flexibility index (Phi) is 2.82. The number of rotatable bonds is 2. The molecule has 0 heterocycles. The number of nitrogens with two attached hydrogens (primary N) is 1. The van der Waals surface area contributed by atoms with Gasteiger partial charge >= 0.3 is 12.5 Å². The normalized spacial score (nSPS) is 8.85. The molecule has 0 bridgehead atoms. The second-order valence-corrected chi connectivity index (χ2v) is 2.47. The third-order valence-electron chi connectivity index (χ3n) is 1.41. The molecule has 66 valence electrons. The monoisotopic (exact) mass is 177 g/mol. The summed E-state index contributed by atoms with van der Waals surface area (Å²) in [5.74, 6) is -0.368. The highest BCUT2D eigenvalue weighted by atomic mass is 16.1. The van der Waals surface area contributed by atoms with Crippen molar-refractivity contribution in [2.75, 3.05) is 17.6 Å². The molecule has 5 heteroatoms. The molecule has 5 nitrogen and oxygen atoms in total. The van der Waals surface area contributed by atoms with Crippen LogP contribution in [-0.2, 0) is 4.79 Å². The van der Waals surface area contributed by atoms with Gasteiger partial charge in [0.1, 0.15) is 4.98 Å². The van der Waals surface area contributed by atoms with Gasteiger partial charge in [-0.25, -0.2) is 0 Å². The van der Waals surface area contributed by atoms with Crippen LogP contribution in [0.5, 0.6) is 0 Å². The minimum Gasteiger partial charge on any atom is -0.399 e. The van der Waals surface area contributed by atoms with Gasteiger partial charge in [-0.15, -0.1) is 0 Å². The van der Waals surface area contributed by atoms with Crippen molar-refractivity contribution in [1.29, 1.82) is 5.39 Å². The van der Waals surface area contributed by atoms with Crippen LogP contribution in [0.3, 0.4) is 0 Å². The third-order valence-corrected chi connectivity index (χ3v) is 1.41. The summed E-state index contributed by atoms with van der Waals surface area (Å²) in [6, 6.07) is 6.69. The summed E-state index contributed by atoms with van der Waals surface area (Å²) in [7, 11) is 0. The molecule has 1 aromatic carbocycles. The van der Waals surface area contributed by atoms with Crippen LogP contribution in [0.1, 0.15) is 0 Å². The number of diazo groups is 1. The molecule has 0 radical (unpaired) electrons. The van der Waals surface area contributed by atoms with Gasteiger partial charge in [-0.2, -0.15) is 0 Å². The lowest BCUT2D eigenvalue weighted by atomic mass is 10.3. The van der Waals surface area contributed by atoms with E-state index in [1.807, 2.05) is 0 Å². The van der Waals surface area contributed by atoms with E-state index in [9.17, 15) is 4.79 Å². The predicted octanol–water partition coefficient (Wildman–Crippen LogP) is 1.06. The van der Waals surface area contributed by atoms with Gasteiger partial charge in [-0.3, -0.25) is 4.79 Å². The maximum atomic E-state index is 10.9. The fourth-order valence-electron chi connectivity index (χ4n) is 0.831. The molecule has 0 aliphatic carbocycles. The van der Waals surface area contributed by atoms with Gasteiger partial charge in [0.05, 0.1) is 0 Å². The smallest absolute Gasteiger partial charge is 0.382 e. The number of nitrogens with zero attached hydrogens (tertiary/aromatic N) is 2. The Balaban J connectivity index is 2.60. The maximum absolute atomic E-state index is 10.9. The highest BCUT2D eigenvalue weighted by molar-refractivity contribution is 5.93. The van der Waals surface area contributed by atoms with Crippen LogP contribution in [0.15, 0.2) is 24.3 Å². The number of carbonyl (C=O) groups excluding carboxylic acids is 1. The van der Waals surface area contributed by atoms with Crippen LogP contribution in [0, 0.1) is 5.39 Å². The standard InChI is InChI=1S/C8H8N4O/c9-6-1-3-7(4-2-6)12-8(13)5-11-10/h1-4,9-10H,5H2/p+1. The molecule has 0 atom stereocenters. The molecule has 0 saturated heterocycles. The van der Waals surface area contributed by atoms with Crippen molar-refractivity contribution in [3.05, 3.63) is 29.2 Å². The highest BCUT2D eigenvalue weighted by Gasteiger charge is 2.07. The first kappa shape index (κ1) is 9.00. The lowest BCUT2D eigenvalue weighted by Gasteiger charge is -1.99. The van der Waals surface area contributed by atoms with Crippen LogP contribution in [0.4, 0.5) is 11.4 Å². The molecule has 0 aliphatic rings. The lowest BCUT2D eigenvalue weighted by molar-refractivity contribution is -0.114. The Morgan fingerprint density at radius 2 is 2.08 bits per heavy atom.